The molecule has 0 aliphatic carbocycles. The molecule has 11 nitrogen and oxygen atoms in total. The van der Waals surface area contributed by atoms with E-state index in [9.17, 15) is 9.59 Å². The molecule has 0 atom stereocenters. The first-order chi connectivity index (χ1) is 15.9. The number of anilines is 2. The van der Waals surface area contributed by atoms with Crippen LogP contribution in [0.2, 0.25) is 5.15 Å². The van der Waals surface area contributed by atoms with Crippen LogP contribution in [0, 0.1) is 0 Å². The average molecular weight is 555 g/mol. The van der Waals surface area contributed by atoms with E-state index in [-0.39, 0.29) is 53.3 Å². The molecular weight excluding hydrogens is 517 g/mol. The molecule has 0 bridgehead atoms. The number of amides is 2. The van der Waals surface area contributed by atoms with Crippen LogP contribution in [0.15, 0.2) is 4.99 Å². The minimum Gasteiger partial charge on any atom is -0.382 e. The molecule has 1 saturated heterocycles. The van der Waals surface area contributed by atoms with Crippen molar-refractivity contribution in [3.05, 3.63) is 10.8 Å². The van der Waals surface area contributed by atoms with Gasteiger partial charge < -0.3 is 27.4 Å². The molecule has 1 aromatic heterocycles. The standard InChI is InChI=1S/C21H36ClN9O2.2ClH/c22-17-19(24)29-18(23)16(28-17)20(33)30-21(25)27-10-8-6-4-2-1-3-5-7-9-15(32)31-13-11-26-12-14-31;;/h26H,1-14H2,(H4,23,24,29)(H3,25,27,30,33);2*1H. The van der Waals surface area contributed by atoms with Gasteiger partial charge in [0.25, 0.3) is 5.91 Å². The van der Waals surface area contributed by atoms with E-state index in [0.717, 1.165) is 71.1 Å². The van der Waals surface area contributed by atoms with E-state index in [4.69, 9.17) is 28.8 Å². The highest BCUT2D eigenvalue weighted by Crippen LogP contribution is 2.17. The number of nitrogens with one attached hydrogen (secondary N) is 2. The normalized spacial score (nSPS) is 13.5. The fourth-order valence-electron chi connectivity index (χ4n) is 3.54. The van der Waals surface area contributed by atoms with E-state index in [1.807, 2.05) is 4.90 Å². The molecule has 14 heteroatoms. The maximum Gasteiger partial charge on any atom is 0.280 e. The van der Waals surface area contributed by atoms with Crippen LogP contribution < -0.4 is 27.8 Å². The van der Waals surface area contributed by atoms with Gasteiger partial charge in [-0.15, -0.1) is 24.8 Å². The number of aliphatic imine (C=N–C) groups is 1. The Morgan fingerprint density at radius 2 is 1.51 bits per heavy atom. The van der Waals surface area contributed by atoms with Crippen LogP contribution in [-0.2, 0) is 4.79 Å². The van der Waals surface area contributed by atoms with E-state index in [2.05, 4.69) is 25.6 Å². The van der Waals surface area contributed by atoms with Gasteiger partial charge in [-0.2, -0.15) is 0 Å². The van der Waals surface area contributed by atoms with Crippen LogP contribution in [0.5, 0.6) is 0 Å². The summed E-state index contributed by atoms with van der Waals surface area (Å²) in [5, 5.41) is 5.58. The zero-order valence-corrected chi connectivity index (χ0v) is 22.3. The summed E-state index contributed by atoms with van der Waals surface area (Å²) < 4.78 is 0. The SMILES string of the molecule is Cl.Cl.NC(=NCCCCCCCCCCC(=O)N1CCNCC1)NC(=O)c1nc(Cl)c(N)nc1N. The summed E-state index contributed by atoms with van der Waals surface area (Å²) in [7, 11) is 0. The number of piperazine rings is 1. The second-order valence-electron chi connectivity index (χ2n) is 8.06. The van der Waals surface area contributed by atoms with Crippen molar-refractivity contribution >= 4 is 65.8 Å². The number of hydrogen-bond donors (Lipinski definition) is 5. The van der Waals surface area contributed by atoms with Crippen LogP contribution >= 0.6 is 36.4 Å². The van der Waals surface area contributed by atoms with Crippen LogP contribution in [0.25, 0.3) is 0 Å². The Hall–Kier alpha value is -2.08. The summed E-state index contributed by atoms with van der Waals surface area (Å²) >= 11 is 5.77. The lowest BCUT2D eigenvalue weighted by Gasteiger charge is -2.27. The molecular formula is C21H38Cl3N9O2. The first kappa shape index (κ1) is 32.9. The highest BCUT2D eigenvalue weighted by atomic mass is 35.5. The van der Waals surface area contributed by atoms with E-state index >= 15 is 0 Å². The van der Waals surface area contributed by atoms with Crippen LogP contribution in [0.3, 0.4) is 0 Å². The molecule has 1 aliphatic heterocycles. The van der Waals surface area contributed by atoms with Gasteiger partial charge in [0.05, 0.1) is 0 Å². The first-order valence-electron chi connectivity index (χ1n) is 11.6. The van der Waals surface area contributed by atoms with E-state index < -0.39 is 5.91 Å². The second-order valence-corrected chi connectivity index (χ2v) is 8.42. The van der Waals surface area contributed by atoms with Gasteiger partial charge in [-0.3, -0.25) is 19.9 Å². The highest BCUT2D eigenvalue weighted by molar-refractivity contribution is 6.31. The Balaban J connectivity index is 0.00000578. The molecule has 1 aliphatic rings. The number of guanidine groups is 1. The number of nitrogen functional groups attached to an aromatic ring is 2. The van der Waals surface area contributed by atoms with Crippen molar-refractivity contribution in [3.63, 3.8) is 0 Å². The van der Waals surface area contributed by atoms with Crippen molar-refractivity contribution in [1.82, 2.24) is 25.5 Å². The van der Waals surface area contributed by atoms with Crippen LogP contribution in [-0.4, -0.2) is 65.4 Å². The smallest absolute Gasteiger partial charge is 0.280 e. The highest BCUT2D eigenvalue weighted by Gasteiger charge is 2.17. The molecule has 1 aromatic rings. The molecule has 0 aromatic carbocycles. The predicted molar refractivity (Wildman–Crippen MR) is 145 cm³/mol. The third-order valence-electron chi connectivity index (χ3n) is 5.41. The molecule has 1 fully saturated rings. The van der Waals surface area contributed by atoms with Crippen molar-refractivity contribution in [2.75, 3.05) is 44.2 Å². The lowest BCUT2D eigenvalue weighted by molar-refractivity contribution is -0.131. The van der Waals surface area contributed by atoms with Crippen molar-refractivity contribution in [2.24, 2.45) is 10.7 Å². The van der Waals surface area contributed by atoms with Crippen molar-refractivity contribution in [3.8, 4) is 0 Å². The largest absolute Gasteiger partial charge is 0.382 e. The molecule has 35 heavy (non-hydrogen) atoms. The Bertz CT molecular complexity index is 821. The zero-order valence-electron chi connectivity index (χ0n) is 19.9. The average Bonchev–Trinajstić information content (AvgIpc) is 2.80. The van der Waals surface area contributed by atoms with Gasteiger partial charge >= 0.3 is 0 Å². The van der Waals surface area contributed by atoms with Gasteiger partial charge in [-0.25, -0.2) is 9.97 Å². The van der Waals surface area contributed by atoms with Gasteiger partial charge in [0.1, 0.15) is 0 Å². The van der Waals surface area contributed by atoms with Crippen LogP contribution in [0.1, 0.15) is 68.3 Å². The summed E-state index contributed by atoms with van der Waals surface area (Å²) in [5.74, 6) is -0.537. The van der Waals surface area contributed by atoms with Gasteiger partial charge in [-0.05, 0) is 12.8 Å². The molecule has 0 saturated carbocycles. The summed E-state index contributed by atoms with van der Waals surface area (Å²) in [6, 6.07) is 0. The molecule has 2 heterocycles. The first-order valence-corrected chi connectivity index (χ1v) is 11.9. The number of rotatable bonds is 12. The second kappa shape index (κ2) is 18.2. The predicted octanol–water partition coefficient (Wildman–Crippen LogP) is 2.13. The summed E-state index contributed by atoms with van der Waals surface area (Å²) in [6.07, 6.45) is 9.29. The lowest BCUT2D eigenvalue weighted by Crippen LogP contribution is -2.46. The summed E-state index contributed by atoms with van der Waals surface area (Å²) in [5.41, 5.74) is 16.7. The van der Waals surface area contributed by atoms with E-state index in [1.165, 1.54) is 6.42 Å². The Labute approximate surface area is 224 Å². The maximum absolute atomic E-state index is 12.2. The Morgan fingerprint density at radius 1 is 0.943 bits per heavy atom. The molecule has 2 rings (SSSR count). The van der Waals surface area contributed by atoms with E-state index in [0.29, 0.717) is 18.9 Å². The van der Waals surface area contributed by atoms with Gasteiger partial charge in [-0.1, -0.05) is 50.1 Å². The number of carbonyl (C=O) groups is 2. The van der Waals surface area contributed by atoms with Gasteiger partial charge in [0, 0.05) is 39.1 Å². The molecule has 0 spiro atoms. The van der Waals surface area contributed by atoms with Crippen molar-refractivity contribution in [2.45, 2.75) is 57.8 Å². The minimum atomic E-state index is -0.641. The third-order valence-corrected chi connectivity index (χ3v) is 5.69. The number of halogens is 3. The lowest BCUT2D eigenvalue weighted by atomic mass is 10.1. The topological polar surface area (TPSA) is 178 Å². The minimum absolute atomic E-state index is 0. The molecule has 0 radical (unpaired) electrons. The van der Waals surface area contributed by atoms with Gasteiger partial charge in [0.2, 0.25) is 5.91 Å². The van der Waals surface area contributed by atoms with Crippen molar-refractivity contribution in [1.29, 1.82) is 0 Å². The van der Waals surface area contributed by atoms with Gasteiger partial charge in [0.15, 0.2) is 28.4 Å². The number of unbranched alkanes of at least 4 members (excludes halogenated alkanes) is 7. The zero-order chi connectivity index (χ0) is 24.1. The maximum atomic E-state index is 12.2. The summed E-state index contributed by atoms with van der Waals surface area (Å²) in [6.45, 7) is 4.00. The van der Waals surface area contributed by atoms with Crippen molar-refractivity contribution < 1.29 is 9.59 Å². The molecule has 8 N–H and O–H groups in total. The molecule has 2 amide bonds. The Kier molecular flexibility index (Phi) is 17.1. The molecule has 0 unspecified atom stereocenters. The Morgan fingerprint density at radius 3 is 2.14 bits per heavy atom. The summed E-state index contributed by atoms with van der Waals surface area (Å²) in [4.78, 5) is 37.9. The van der Waals surface area contributed by atoms with E-state index in [1.54, 1.807) is 0 Å². The quantitative estimate of drug-likeness (QED) is 0.148. The van der Waals surface area contributed by atoms with Crippen LogP contribution in [0.4, 0.5) is 11.6 Å². The number of nitrogens with two attached hydrogens (primary N) is 3. The third kappa shape index (κ3) is 12.4. The molecule has 200 valence electrons. The fraction of sp³-hybridized carbons (Fsp3) is 0.667. The monoisotopic (exact) mass is 553 g/mol. The number of aromatic nitrogens is 2. The number of hydrogen-bond acceptors (Lipinski definition) is 8. The number of nitrogens with zero attached hydrogens (tertiary/aromatic N) is 4. The number of carbonyl (C=O) groups excluding carboxylic acids is 2. The fourth-order valence-corrected chi connectivity index (χ4v) is 3.67.